The summed E-state index contributed by atoms with van der Waals surface area (Å²) in [4.78, 5) is 10.1. The van der Waals surface area contributed by atoms with Crippen LogP contribution < -0.4 is 9.47 Å². The standard InChI is InChI=1S/C10H13NO4/c1-7-4-9(14-2)8(6-11(12)13)10(5-7)15-3/h4-5H,6H2,1-3H3. The van der Waals surface area contributed by atoms with Crippen molar-refractivity contribution in [2.24, 2.45) is 0 Å². The Morgan fingerprint density at radius 2 is 1.73 bits per heavy atom. The molecule has 0 aliphatic carbocycles. The second kappa shape index (κ2) is 4.63. The number of hydrogen-bond acceptors (Lipinski definition) is 4. The SMILES string of the molecule is COc1cc(C)cc(OC)c1C[N+](=O)[O-]. The zero-order valence-corrected chi connectivity index (χ0v) is 8.94. The lowest BCUT2D eigenvalue weighted by molar-refractivity contribution is -0.497. The number of nitrogens with zero attached hydrogens (tertiary/aromatic N) is 1. The van der Waals surface area contributed by atoms with E-state index in [0.29, 0.717) is 17.1 Å². The molecular formula is C10H13NO4. The molecule has 0 spiro atoms. The van der Waals surface area contributed by atoms with Crippen LogP contribution in [0.1, 0.15) is 11.1 Å². The van der Waals surface area contributed by atoms with Gasteiger partial charge < -0.3 is 9.47 Å². The van der Waals surface area contributed by atoms with Gasteiger partial charge in [0.15, 0.2) is 0 Å². The molecule has 15 heavy (non-hydrogen) atoms. The molecule has 0 aliphatic rings. The molecule has 0 fully saturated rings. The second-order valence-corrected chi connectivity index (χ2v) is 3.14. The number of benzene rings is 1. The first kappa shape index (κ1) is 11.3. The smallest absolute Gasteiger partial charge is 0.236 e. The molecule has 5 heteroatoms. The molecule has 5 nitrogen and oxygen atoms in total. The lowest BCUT2D eigenvalue weighted by Crippen LogP contribution is -2.04. The number of aryl methyl sites for hydroxylation is 1. The van der Waals surface area contributed by atoms with E-state index < -0.39 is 4.92 Å². The summed E-state index contributed by atoms with van der Waals surface area (Å²) in [5, 5.41) is 10.5. The zero-order valence-electron chi connectivity index (χ0n) is 8.94. The van der Waals surface area contributed by atoms with Crippen LogP contribution in [0.2, 0.25) is 0 Å². The topological polar surface area (TPSA) is 61.6 Å². The second-order valence-electron chi connectivity index (χ2n) is 3.14. The monoisotopic (exact) mass is 211 g/mol. The number of ether oxygens (including phenoxy) is 2. The maximum Gasteiger partial charge on any atom is 0.236 e. The molecule has 0 bridgehead atoms. The van der Waals surface area contributed by atoms with Crippen LogP contribution >= 0.6 is 0 Å². The predicted octanol–water partition coefficient (Wildman–Crippen LogP) is 1.79. The van der Waals surface area contributed by atoms with Crippen molar-refractivity contribution in [1.82, 2.24) is 0 Å². The van der Waals surface area contributed by atoms with Gasteiger partial charge in [-0.25, -0.2) is 0 Å². The Bertz CT molecular complexity index is 351. The van der Waals surface area contributed by atoms with E-state index in [9.17, 15) is 10.1 Å². The van der Waals surface area contributed by atoms with E-state index in [1.807, 2.05) is 6.92 Å². The van der Waals surface area contributed by atoms with Crippen LogP contribution in [-0.2, 0) is 6.54 Å². The van der Waals surface area contributed by atoms with E-state index in [-0.39, 0.29) is 6.54 Å². The molecule has 0 heterocycles. The minimum atomic E-state index is -0.407. The average molecular weight is 211 g/mol. The number of hydrogen-bond donors (Lipinski definition) is 0. The van der Waals surface area contributed by atoms with Crippen molar-refractivity contribution >= 4 is 0 Å². The highest BCUT2D eigenvalue weighted by atomic mass is 16.6. The average Bonchev–Trinajstić information content (AvgIpc) is 2.19. The van der Waals surface area contributed by atoms with Crippen LogP contribution in [0.5, 0.6) is 11.5 Å². The molecule has 0 atom stereocenters. The molecule has 1 aromatic rings. The van der Waals surface area contributed by atoms with Crippen molar-refractivity contribution in [3.8, 4) is 11.5 Å². The lowest BCUT2D eigenvalue weighted by Gasteiger charge is -2.11. The number of methoxy groups -OCH3 is 2. The maximum absolute atomic E-state index is 10.5. The first-order valence-electron chi connectivity index (χ1n) is 4.41. The summed E-state index contributed by atoms with van der Waals surface area (Å²) >= 11 is 0. The summed E-state index contributed by atoms with van der Waals surface area (Å²) in [6.07, 6.45) is 0. The third kappa shape index (κ3) is 2.59. The summed E-state index contributed by atoms with van der Waals surface area (Å²) < 4.78 is 10.2. The van der Waals surface area contributed by atoms with Gasteiger partial charge in [-0.2, -0.15) is 0 Å². The summed E-state index contributed by atoms with van der Waals surface area (Å²) in [7, 11) is 2.97. The van der Waals surface area contributed by atoms with Crippen LogP contribution in [0, 0.1) is 17.0 Å². The van der Waals surface area contributed by atoms with Crippen molar-refractivity contribution in [1.29, 1.82) is 0 Å². The van der Waals surface area contributed by atoms with Crippen LogP contribution in [-0.4, -0.2) is 19.1 Å². The Morgan fingerprint density at radius 3 is 2.07 bits per heavy atom. The molecule has 0 N–H and O–H groups in total. The first-order valence-corrected chi connectivity index (χ1v) is 4.41. The van der Waals surface area contributed by atoms with Gasteiger partial charge in [0.25, 0.3) is 0 Å². The molecule has 0 aliphatic heterocycles. The van der Waals surface area contributed by atoms with Gasteiger partial charge in [-0.15, -0.1) is 0 Å². The molecule has 1 rings (SSSR count). The highest BCUT2D eigenvalue weighted by molar-refractivity contribution is 5.47. The number of rotatable bonds is 4. The number of nitro groups is 1. The fourth-order valence-corrected chi connectivity index (χ4v) is 1.40. The Balaban J connectivity index is 3.23. The molecule has 1 aromatic carbocycles. The van der Waals surface area contributed by atoms with Crippen molar-refractivity contribution in [3.05, 3.63) is 33.4 Å². The first-order chi connectivity index (χ1) is 7.08. The molecule has 0 amide bonds. The summed E-state index contributed by atoms with van der Waals surface area (Å²) in [5.74, 6) is 0.979. The molecule has 0 aromatic heterocycles. The molecular weight excluding hydrogens is 198 g/mol. The van der Waals surface area contributed by atoms with Gasteiger partial charge in [-0.1, -0.05) is 0 Å². The minimum absolute atomic E-state index is 0.299. The molecule has 0 radical (unpaired) electrons. The van der Waals surface area contributed by atoms with Crippen LogP contribution in [0.3, 0.4) is 0 Å². The van der Waals surface area contributed by atoms with Gasteiger partial charge in [-0.3, -0.25) is 10.1 Å². The Kier molecular flexibility index (Phi) is 3.49. The quantitative estimate of drug-likeness (QED) is 0.562. The predicted molar refractivity (Wildman–Crippen MR) is 55.0 cm³/mol. The van der Waals surface area contributed by atoms with Gasteiger partial charge in [0, 0.05) is 4.92 Å². The van der Waals surface area contributed by atoms with Crippen molar-refractivity contribution in [2.75, 3.05) is 14.2 Å². The fourth-order valence-electron chi connectivity index (χ4n) is 1.40. The third-order valence-corrected chi connectivity index (χ3v) is 2.04. The highest BCUT2D eigenvalue weighted by Crippen LogP contribution is 2.30. The van der Waals surface area contributed by atoms with E-state index >= 15 is 0 Å². The van der Waals surface area contributed by atoms with E-state index in [0.717, 1.165) is 5.56 Å². The fraction of sp³-hybridized carbons (Fsp3) is 0.400. The molecule has 0 unspecified atom stereocenters. The van der Waals surface area contributed by atoms with E-state index in [1.54, 1.807) is 12.1 Å². The van der Waals surface area contributed by atoms with Gasteiger partial charge >= 0.3 is 0 Å². The van der Waals surface area contributed by atoms with Gasteiger partial charge in [0.05, 0.1) is 14.2 Å². The Labute approximate surface area is 87.8 Å². The van der Waals surface area contributed by atoms with E-state index in [2.05, 4.69) is 0 Å². The van der Waals surface area contributed by atoms with Crippen molar-refractivity contribution in [2.45, 2.75) is 13.5 Å². The summed E-state index contributed by atoms with van der Waals surface area (Å²) in [5.41, 5.74) is 1.41. The molecule has 0 saturated carbocycles. The largest absolute Gasteiger partial charge is 0.496 e. The minimum Gasteiger partial charge on any atom is -0.496 e. The summed E-state index contributed by atoms with van der Waals surface area (Å²) in [6.45, 7) is 1.58. The third-order valence-electron chi connectivity index (χ3n) is 2.04. The molecule has 0 saturated heterocycles. The molecule has 82 valence electrons. The van der Waals surface area contributed by atoms with Gasteiger partial charge in [0.1, 0.15) is 17.1 Å². The van der Waals surface area contributed by atoms with Gasteiger partial charge in [-0.05, 0) is 24.6 Å². The van der Waals surface area contributed by atoms with Gasteiger partial charge in [0.2, 0.25) is 6.54 Å². The van der Waals surface area contributed by atoms with E-state index in [4.69, 9.17) is 9.47 Å². The Morgan fingerprint density at radius 1 is 1.27 bits per heavy atom. The van der Waals surface area contributed by atoms with Crippen LogP contribution in [0.25, 0.3) is 0 Å². The van der Waals surface area contributed by atoms with Crippen LogP contribution in [0.4, 0.5) is 0 Å². The Hall–Kier alpha value is -1.78. The van der Waals surface area contributed by atoms with E-state index in [1.165, 1.54) is 14.2 Å². The summed E-state index contributed by atoms with van der Waals surface area (Å²) in [6, 6.07) is 3.50. The highest BCUT2D eigenvalue weighted by Gasteiger charge is 2.16. The van der Waals surface area contributed by atoms with Crippen molar-refractivity contribution < 1.29 is 14.4 Å². The van der Waals surface area contributed by atoms with Crippen molar-refractivity contribution in [3.63, 3.8) is 0 Å². The maximum atomic E-state index is 10.5. The van der Waals surface area contributed by atoms with Crippen LogP contribution in [0.15, 0.2) is 12.1 Å². The zero-order chi connectivity index (χ0) is 11.4. The lowest BCUT2D eigenvalue weighted by atomic mass is 10.1. The normalized spacial score (nSPS) is 9.80.